The molecule has 7 heteroatoms. The Bertz CT molecular complexity index is 698. The minimum atomic E-state index is -4.46. The molecule has 0 amide bonds. The van der Waals surface area contributed by atoms with Gasteiger partial charge in [-0.2, -0.15) is 24.9 Å². The van der Waals surface area contributed by atoms with Gasteiger partial charge in [0.25, 0.3) is 0 Å². The number of rotatable bonds is 2. The number of aromatic amines is 1. The van der Waals surface area contributed by atoms with Crippen molar-refractivity contribution in [1.29, 1.82) is 0 Å². The van der Waals surface area contributed by atoms with Crippen LogP contribution in [-0.4, -0.2) is 21.1 Å². The van der Waals surface area contributed by atoms with Gasteiger partial charge in [0.1, 0.15) is 0 Å². The van der Waals surface area contributed by atoms with E-state index in [1.807, 2.05) is 11.8 Å². The van der Waals surface area contributed by atoms with Crippen molar-refractivity contribution in [3.63, 3.8) is 0 Å². The zero-order valence-electron chi connectivity index (χ0n) is 11.2. The summed E-state index contributed by atoms with van der Waals surface area (Å²) in [6.07, 6.45) is -2.46. The number of H-pyrrole nitrogens is 1. The fourth-order valence-corrected chi connectivity index (χ4v) is 3.99. The lowest BCUT2D eigenvalue weighted by Crippen LogP contribution is -2.23. The van der Waals surface area contributed by atoms with Crippen molar-refractivity contribution < 1.29 is 13.2 Å². The van der Waals surface area contributed by atoms with E-state index in [0.717, 1.165) is 30.4 Å². The molecule has 0 spiro atoms. The molecule has 2 aromatic rings. The number of hydrogen-bond acceptors (Lipinski definition) is 2. The second kappa shape index (κ2) is 5.44. The molecule has 21 heavy (non-hydrogen) atoms. The van der Waals surface area contributed by atoms with Gasteiger partial charge in [0.15, 0.2) is 0 Å². The van der Waals surface area contributed by atoms with Crippen LogP contribution in [0.3, 0.4) is 0 Å². The number of aromatic nitrogens is 2. The molecular formula is C14H15F3N2OS. The van der Waals surface area contributed by atoms with E-state index in [2.05, 4.69) is 4.98 Å². The van der Waals surface area contributed by atoms with Crippen LogP contribution in [0.1, 0.15) is 18.4 Å². The third-order valence-corrected chi connectivity index (χ3v) is 4.95. The van der Waals surface area contributed by atoms with E-state index in [4.69, 9.17) is 0 Å². The van der Waals surface area contributed by atoms with Gasteiger partial charge in [-0.15, -0.1) is 0 Å². The summed E-state index contributed by atoms with van der Waals surface area (Å²) in [5, 5.41) is 0. The number of halogens is 3. The maximum Gasteiger partial charge on any atom is 0.418 e. The fourth-order valence-electron chi connectivity index (χ4n) is 2.78. The van der Waals surface area contributed by atoms with Gasteiger partial charge in [0.05, 0.1) is 16.6 Å². The zero-order chi connectivity index (χ0) is 15.0. The number of fused-ring (bicyclic) bond motifs is 1. The molecule has 1 aliphatic rings. The van der Waals surface area contributed by atoms with E-state index in [9.17, 15) is 18.0 Å². The number of nitrogens with one attached hydrogen (secondary N) is 1. The summed E-state index contributed by atoms with van der Waals surface area (Å²) in [7, 11) is 0. The molecule has 1 aromatic carbocycles. The van der Waals surface area contributed by atoms with Gasteiger partial charge >= 0.3 is 11.9 Å². The molecule has 3 rings (SSSR count). The van der Waals surface area contributed by atoms with Crippen LogP contribution in [0.2, 0.25) is 0 Å². The van der Waals surface area contributed by atoms with Gasteiger partial charge in [-0.1, -0.05) is 6.07 Å². The number of nitrogens with zero attached hydrogens (tertiary/aromatic N) is 1. The van der Waals surface area contributed by atoms with E-state index in [-0.39, 0.29) is 5.52 Å². The molecule has 0 aliphatic carbocycles. The third kappa shape index (κ3) is 2.84. The Morgan fingerprint density at radius 1 is 1.29 bits per heavy atom. The number of alkyl halides is 3. The average Bonchev–Trinajstić information content (AvgIpc) is 2.75. The van der Waals surface area contributed by atoms with Gasteiger partial charge < -0.3 is 4.98 Å². The van der Waals surface area contributed by atoms with Crippen LogP contribution in [-0.2, 0) is 12.7 Å². The predicted octanol–water partition coefficient (Wildman–Crippen LogP) is 3.49. The lowest BCUT2D eigenvalue weighted by atomic mass is 10.0. The summed E-state index contributed by atoms with van der Waals surface area (Å²) in [6.45, 7) is 0.487. The number of benzene rings is 1. The highest BCUT2D eigenvalue weighted by molar-refractivity contribution is 7.99. The number of imidazole rings is 1. The summed E-state index contributed by atoms with van der Waals surface area (Å²) in [5.41, 5.74) is -1.01. The van der Waals surface area contributed by atoms with Crippen molar-refractivity contribution in [2.24, 2.45) is 5.92 Å². The smallest absolute Gasteiger partial charge is 0.305 e. The van der Waals surface area contributed by atoms with Crippen molar-refractivity contribution in [2.75, 3.05) is 11.5 Å². The Hall–Kier alpha value is -1.37. The van der Waals surface area contributed by atoms with Crippen LogP contribution in [0.4, 0.5) is 13.2 Å². The molecule has 0 unspecified atom stereocenters. The van der Waals surface area contributed by atoms with Crippen molar-refractivity contribution in [3.05, 3.63) is 34.2 Å². The van der Waals surface area contributed by atoms with Crippen molar-refractivity contribution >= 4 is 22.8 Å². The first-order valence-corrected chi connectivity index (χ1v) is 7.99. The van der Waals surface area contributed by atoms with Crippen LogP contribution in [0.25, 0.3) is 11.0 Å². The van der Waals surface area contributed by atoms with Gasteiger partial charge in [0.2, 0.25) is 0 Å². The van der Waals surface area contributed by atoms with E-state index in [0.29, 0.717) is 18.0 Å². The zero-order valence-corrected chi connectivity index (χ0v) is 12.1. The topological polar surface area (TPSA) is 37.8 Å². The largest absolute Gasteiger partial charge is 0.418 e. The predicted molar refractivity (Wildman–Crippen MR) is 77.6 cm³/mol. The molecule has 1 aromatic heterocycles. The minimum Gasteiger partial charge on any atom is -0.305 e. The second-order valence-electron chi connectivity index (χ2n) is 5.29. The molecule has 0 bridgehead atoms. The summed E-state index contributed by atoms with van der Waals surface area (Å²) in [6, 6.07) is 3.92. The maximum absolute atomic E-state index is 13.0. The summed E-state index contributed by atoms with van der Waals surface area (Å²) < 4.78 is 40.4. The summed E-state index contributed by atoms with van der Waals surface area (Å²) in [5.74, 6) is 2.46. The molecular weight excluding hydrogens is 301 g/mol. The molecule has 2 heterocycles. The first kappa shape index (κ1) is 14.6. The second-order valence-corrected chi connectivity index (χ2v) is 6.52. The van der Waals surface area contributed by atoms with Crippen LogP contribution in [0.5, 0.6) is 0 Å². The number of thioether (sulfide) groups is 1. The average molecular weight is 316 g/mol. The van der Waals surface area contributed by atoms with Gasteiger partial charge in [0, 0.05) is 6.54 Å². The molecule has 0 radical (unpaired) electrons. The van der Waals surface area contributed by atoms with Gasteiger partial charge in [-0.25, -0.2) is 4.79 Å². The van der Waals surface area contributed by atoms with Crippen molar-refractivity contribution in [3.8, 4) is 0 Å². The first-order valence-electron chi connectivity index (χ1n) is 6.83. The Balaban J connectivity index is 2.03. The van der Waals surface area contributed by atoms with E-state index < -0.39 is 17.4 Å². The molecule has 1 saturated heterocycles. The first-order chi connectivity index (χ1) is 9.97. The summed E-state index contributed by atoms with van der Waals surface area (Å²) in [4.78, 5) is 14.4. The van der Waals surface area contributed by atoms with Crippen LogP contribution < -0.4 is 5.69 Å². The van der Waals surface area contributed by atoms with Crippen LogP contribution in [0.15, 0.2) is 23.0 Å². The minimum absolute atomic E-state index is 0.111. The third-order valence-electron chi connectivity index (χ3n) is 3.90. The molecule has 3 nitrogen and oxygen atoms in total. The van der Waals surface area contributed by atoms with Crippen molar-refractivity contribution in [1.82, 2.24) is 9.55 Å². The number of para-hydroxylation sites is 1. The van der Waals surface area contributed by atoms with E-state index in [1.165, 1.54) is 10.6 Å². The van der Waals surface area contributed by atoms with Crippen molar-refractivity contribution in [2.45, 2.75) is 25.6 Å². The van der Waals surface area contributed by atoms with E-state index >= 15 is 0 Å². The molecule has 1 fully saturated rings. The molecule has 1 N–H and O–H groups in total. The van der Waals surface area contributed by atoms with Crippen LogP contribution in [0, 0.1) is 5.92 Å². The Morgan fingerprint density at radius 2 is 2.00 bits per heavy atom. The SMILES string of the molecule is O=c1[nH]c2c(C(F)(F)F)cccc2n1CC1CCSCC1. The van der Waals surface area contributed by atoms with Gasteiger partial charge in [-0.05, 0) is 42.4 Å². The normalized spacial score (nSPS) is 17.5. The van der Waals surface area contributed by atoms with Crippen LogP contribution >= 0.6 is 11.8 Å². The highest BCUT2D eigenvalue weighted by atomic mass is 32.2. The summed E-state index contributed by atoms with van der Waals surface area (Å²) >= 11 is 1.88. The lowest BCUT2D eigenvalue weighted by molar-refractivity contribution is -0.136. The fraction of sp³-hybridized carbons (Fsp3) is 0.500. The molecule has 114 valence electrons. The molecule has 1 aliphatic heterocycles. The molecule has 0 saturated carbocycles. The molecule has 0 atom stereocenters. The lowest BCUT2D eigenvalue weighted by Gasteiger charge is -2.21. The Labute approximate surface area is 123 Å². The quantitative estimate of drug-likeness (QED) is 0.921. The monoisotopic (exact) mass is 316 g/mol. The Kier molecular flexibility index (Phi) is 3.77. The van der Waals surface area contributed by atoms with Gasteiger partial charge in [-0.3, -0.25) is 4.57 Å². The van der Waals surface area contributed by atoms with E-state index in [1.54, 1.807) is 6.07 Å². The Morgan fingerprint density at radius 3 is 2.67 bits per heavy atom. The highest BCUT2D eigenvalue weighted by Crippen LogP contribution is 2.34. The number of hydrogen-bond donors (Lipinski definition) is 1. The maximum atomic E-state index is 13.0. The standard InChI is InChI=1S/C14H15F3N2OS/c15-14(16,17)10-2-1-3-11-12(10)18-13(20)19(11)8-9-4-6-21-7-5-9/h1-3,9H,4-8H2,(H,18,20). The highest BCUT2D eigenvalue weighted by Gasteiger charge is 2.34.